The van der Waals surface area contributed by atoms with Gasteiger partial charge in [0.25, 0.3) is 0 Å². The van der Waals surface area contributed by atoms with E-state index < -0.39 is 11.4 Å². The number of carboxylic acids is 1. The van der Waals surface area contributed by atoms with E-state index in [1.807, 2.05) is 18.2 Å². The summed E-state index contributed by atoms with van der Waals surface area (Å²) in [5.41, 5.74) is 7.35. The fraction of sp³-hybridized carbons (Fsp3) is 0.281. The van der Waals surface area contributed by atoms with Gasteiger partial charge in [-0.05, 0) is 98.7 Å². The van der Waals surface area contributed by atoms with Crippen LogP contribution in [-0.4, -0.2) is 22.1 Å². The van der Waals surface area contributed by atoms with Gasteiger partial charge in [0, 0.05) is 17.2 Å². The van der Waals surface area contributed by atoms with E-state index in [9.17, 15) is 14.7 Å². The molecule has 0 bridgehead atoms. The summed E-state index contributed by atoms with van der Waals surface area (Å²) in [4.78, 5) is 26.6. The molecule has 7 heteroatoms. The quantitative estimate of drug-likeness (QED) is 0.287. The smallest absolute Gasteiger partial charge is 0.335 e. The molecule has 3 aromatic carbocycles. The van der Waals surface area contributed by atoms with E-state index in [-0.39, 0.29) is 11.5 Å². The minimum absolute atomic E-state index is 0.0325. The molecule has 7 nitrogen and oxygen atoms in total. The van der Waals surface area contributed by atoms with Gasteiger partial charge in [0.1, 0.15) is 23.8 Å². The normalized spacial score (nSPS) is 17.0. The average Bonchev–Trinajstić information content (AvgIpc) is 3.85. The number of benzene rings is 3. The van der Waals surface area contributed by atoms with Gasteiger partial charge < -0.3 is 14.4 Å². The monoisotopic (exact) mass is 520 g/mol. The van der Waals surface area contributed by atoms with Crippen LogP contribution < -0.4 is 9.64 Å². The number of hydrogen-bond acceptors (Lipinski definition) is 5. The number of carboxylic acid groups (broad SMARTS) is 1. The van der Waals surface area contributed by atoms with E-state index in [0.29, 0.717) is 24.0 Å². The summed E-state index contributed by atoms with van der Waals surface area (Å²) in [6, 6.07) is 18.5. The van der Waals surface area contributed by atoms with E-state index in [0.717, 1.165) is 70.6 Å². The van der Waals surface area contributed by atoms with Crippen LogP contribution in [-0.2, 0) is 16.8 Å². The molecular formula is C32H28N2O5. The highest BCUT2D eigenvalue weighted by Crippen LogP contribution is 2.59. The van der Waals surface area contributed by atoms with Crippen molar-refractivity contribution in [3.63, 3.8) is 0 Å². The van der Waals surface area contributed by atoms with E-state index in [4.69, 9.17) is 9.26 Å². The van der Waals surface area contributed by atoms with E-state index in [2.05, 4.69) is 37.2 Å². The maximum Gasteiger partial charge on any atom is 0.335 e. The summed E-state index contributed by atoms with van der Waals surface area (Å²) >= 11 is 0. The summed E-state index contributed by atoms with van der Waals surface area (Å²) in [5, 5.41) is 13.7. The molecular weight excluding hydrogens is 492 g/mol. The number of rotatable bonds is 7. The molecule has 0 atom stereocenters. The lowest BCUT2D eigenvalue weighted by Crippen LogP contribution is -2.27. The first-order valence-electron chi connectivity index (χ1n) is 13.4. The van der Waals surface area contributed by atoms with E-state index in [1.54, 1.807) is 17.0 Å². The second-order valence-corrected chi connectivity index (χ2v) is 11.0. The van der Waals surface area contributed by atoms with Crippen LogP contribution in [0.25, 0.3) is 11.3 Å². The Morgan fingerprint density at radius 3 is 2.44 bits per heavy atom. The van der Waals surface area contributed by atoms with Crippen molar-refractivity contribution in [3.8, 4) is 17.0 Å². The molecule has 0 radical (unpaired) electrons. The summed E-state index contributed by atoms with van der Waals surface area (Å²) in [6.07, 6.45) is 3.78. The molecule has 196 valence electrons. The molecule has 0 saturated heterocycles. The molecule has 1 amide bonds. The lowest BCUT2D eigenvalue weighted by Gasteiger charge is -2.18. The standard InChI is InChI=1S/C32H28N2O5/c1-18-4-3-5-19(2)27(18)28-24(29(39-33-28)20-6-7-20)17-38-23-12-13-26-25(16-23)32(14-15-32)31(37)34(26)22-10-8-21(9-11-22)30(35)36/h3-5,8-13,16,20H,6-7,14-15,17H2,1-2H3,(H,35,36). The number of nitrogens with zero attached hydrogens (tertiary/aromatic N) is 2. The zero-order valence-electron chi connectivity index (χ0n) is 21.9. The van der Waals surface area contributed by atoms with Crippen molar-refractivity contribution >= 4 is 23.3 Å². The summed E-state index contributed by atoms with van der Waals surface area (Å²) in [5.74, 6) is 1.05. The van der Waals surface area contributed by atoms with Gasteiger partial charge in [0.15, 0.2) is 0 Å². The van der Waals surface area contributed by atoms with Gasteiger partial charge in [-0.1, -0.05) is 23.4 Å². The van der Waals surface area contributed by atoms with Gasteiger partial charge in [-0.25, -0.2) is 4.79 Å². The topological polar surface area (TPSA) is 92.9 Å². The number of hydrogen-bond donors (Lipinski definition) is 1. The van der Waals surface area contributed by atoms with E-state index >= 15 is 0 Å². The van der Waals surface area contributed by atoms with Crippen LogP contribution in [0.2, 0.25) is 0 Å². The number of carbonyl (C=O) groups is 2. The first-order valence-corrected chi connectivity index (χ1v) is 13.4. The Kier molecular flexibility index (Phi) is 5.20. The average molecular weight is 521 g/mol. The Bertz CT molecular complexity index is 1620. The van der Waals surface area contributed by atoms with Gasteiger partial charge in [-0.2, -0.15) is 0 Å². The minimum Gasteiger partial charge on any atom is -0.489 e. The van der Waals surface area contributed by atoms with Crippen molar-refractivity contribution in [2.75, 3.05) is 4.90 Å². The van der Waals surface area contributed by atoms with Gasteiger partial charge in [0.2, 0.25) is 5.91 Å². The van der Waals surface area contributed by atoms with Crippen LogP contribution in [0.1, 0.15) is 70.0 Å². The van der Waals surface area contributed by atoms with Gasteiger partial charge in [0.05, 0.1) is 22.2 Å². The van der Waals surface area contributed by atoms with Crippen molar-refractivity contribution in [2.24, 2.45) is 0 Å². The van der Waals surface area contributed by atoms with Crippen molar-refractivity contribution in [1.82, 2.24) is 5.16 Å². The van der Waals surface area contributed by atoms with Crippen LogP contribution in [0, 0.1) is 13.8 Å². The zero-order valence-corrected chi connectivity index (χ0v) is 21.9. The highest BCUT2D eigenvalue weighted by atomic mass is 16.5. The van der Waals surface area contributed by atoms with Gasteiger partial charge >= 0.3 is 5.97 Å². The Morgan fingerprint density at radius 2 is 1.79 bits per heavy atom. The van der Waals surface area contributed by atoms with Gasteiger partial charge in [-0.3, -0.25) is 9.69 Å². The molecule has 2 heterocycles. The summed E-state index contributed by atoms with van der Waals surface area (Å²) in [6.45, 7) is 4.51. The SMILES string of the molecule is Cc1cccc(C)c1-c1noc(C2CC2)c1COc1ccc2c(c1)C1(CC1)C(=O)N2c1ccc(C(=O)O)cc1. The molecule has 2 fully saturated rings. The zero-order chi connectivity index (χ0) is 26.9. The third kappa shape index (κ3) is 3.75. The largest absolute Gasteiger partial charge is 0.489 e. The molecule has 1 spiro atoms. The fourth-order valence-corrected chi connectivity index (χ4v) is 5.91. The molecule has 1 aromatic heterocycles. The number of aryl methyl sites for hydroxylation is 2. The lowest BCUT2D eigenvalue weighted by molar-refractivity contribution is -0.119. The maximum atomic E-state index is 13.6. The van der Waals surface area contributed by atoms with E-state index in [1.165, 1.54) is 12.1 Å². The predicted octanol–water partition coefficient (Wildman–Crippen LogP) is 6.82. The van der Waals surface area contributed by atoms with Crippen LogP contribution in [0.3, 0.4) is 0 Å². The van der Waals surface area contributed by atoms with Crippen LogP contribution in [0.4, 0.5) is 11.4 Å². The minimum atomic E-state index is -0.992. The molecule has 2 saturated carbocycles. The van der Waals surface area contributed by atoms with Gasteiger partial charge in [-0.15, -0.1) is 0 Å². The molecule has 0 unspecified atom stereocenters. The molecule has 39 heavy (non-hydrogen) atoms. The number of amides is 1. The second kappa shape index (κ2) is 8.56. The Balaban J connectivity index is 1.21. The lowest BCUT2D eigenvalue weighted by atomic mass is 9.96. The third-order valence-corrected chi connectivity index (χ3v) is 8.33. The van der Waals surface area contributed by atoms with Crippen molar-refractivity contribution in [2.45, 2.75) is 57.5 Å². The second-order valence-electron chi connectivity index (χ2n) is 11.0. The first kappa shape index (κ1) is 23.7. The third-order valence-electron chi connectivity index (χ3n) is 8.33. The maximum absolute atomic E-state index is 13.6. The molecule has 7 rings (SSSR count). The molecule has 1 N–H and O–H groups in total. The Labute approximate surface area is 226 Å². The summed E-state index contributed by atoms with van der Waals surface area (Å²) < 4.78 is 12.3. The molecule has 4 aromatic rings. The number of anilines is 2. The number of aromatic nitrogens is 1. The Morgan fingerprint density at radius 1 is 1.08 bits per heavy atom. The van der Waals surface area contributed by atoms with Crippen molar-refractivity contribution in [1.29, 1.82) is 0 Å². The number of fused-ring (bicyclic) bond motifs is 2. The van der Waals surface area contributed by atoms with Crippen LogP contribution >= 0.6 is 0 Å². The van der Waals surface area contributed by atoms with Crippen LogP contribution in [0.15, 0.2) is 65.2 Å². The number of ether oxygens (including phenoxy) is 1. The van der Waals surface area contributed by atoms with Crippen molar-refractivity contribution in [3.05, 3.63) is 94.2 Å². The fourth-order valence-electron chi connectivity index (χ4n) is 5.91. The van der Waals surface area contributed by atoms with Crippen molar-refractivity contribution < 1.29 is 24.0 Å². The molecule has 3 aliphatic rings. The highest BCUT2D eigenvalue weighted by Gasteiger charge is 2.59. The number of carbonyl (C=O) groups excluding carboxylic acids is 1. The highest BCUT2D eigenvalue weighted by molar-refractivity contribution is 6.14. The summed E-state index contributed by atoms with van der Waals surface area (Å²) in [7, 11) is 0. The van der Waals surface area contributed by atoms with Crippen LogP contribution in [0.5, 0.6) is 5.75 Å². The first-order chi connectivity index (χ1) is 18.9. The predicted molar refractivity (Wildman–Crippen MR) is 146 cm³/mol. The number of aromatic carboxylic acids is 1. The Hall–Kier alpha value is -4.39. The molecule has 1 aliphatic heterocycles. The molecule has 2 aliphatic carbocycles.